The second-order valence-corrected chi connectivity index (χ2v) is 8.68. The van der Waals surface area contributed by atoms with E-state index in [4.69, 9.17) is 11.6 Å². The molecule has 1 saturated heterocycles. The molecule has 4 rings (SSSR count). The molecule has 2 N–H and O–H groups in total. The molecule has 1 aliphatic heterocycles. The van der Waals surface area contributed by atoms with Crippen LogP contribution in [0.25, 0.3) is 10.9 Å². The van der Waals surface area contributed by atoms with Crippen LogP contribution in [0.5, 0.6) is 0 Å². The van der Waals surface area contributed by atoms with E-state index in [1.807, 2.05) is 17.3 Å². The van der Waals surface area contributed by atoms with Crippen LogP contribution in [0, 0.1) is 4.91 Å². The third kappa shape index (κ3) is 4.87. The van der Waals surface area contributed by atoms with Crippen molar-refractivity contribution < 1.29 is 15.1 Å². The number of halogens is 1. The van der Waals surface area contributed by atoms with Gasteiger partial charge in [-0.3, -0.25) is 14.2 Å². The number of rotatable bonds is 6. The number of carbonyl (C=O) groups is 1. The van der Waals surface area contributed by atoms with Gasteiger partial charge in [-0.15, -0.1) is 0 Å². The van der Waals surface area contributed by atoms with Gasteiger partial charge in [-0.2, -0.15) is 0 Å². The molecule has 9 heteroatoms. The lowest BCUT2D eigenvalue weighted by Crippen LogP contribution is -2.55. The third-order valence-electron chi connectivity index (χ3n) is 6.00. The average Bonchev–Trinajstić information content (AvgIpc) is 2.80. The average molecular weight is 456 g/mol. The molecule has 0 spiro atoms. The van der Waals surface area contributed by atoms with Crippen LogP contribution in [0.3, 0.4) is 0 Å². The maximum Gasteiger partial charge on any atom is 0.261 e. The monoisotopic (exact) mass is 455 g/mol. The largest absolute Gasteiger partial charge is 0.388 e. The van der Waals surface area contributed by atoms with E-state index < -0.39 is 5.60 Å². The minimum absolute atomic E-state index is 0.0273. The fourth-order valence-corrected chi connectivity index (χ4v) is 4.21. The van der Waals surface area contributed by atoms with Crippen molar-refractivity contribution in [3.8, 4) is 0 Å². The Hall–Kier alpha value is -3.10. The standard InChI is InChI=1S/C23H23ClN4O4/c24-17-4-7-19-20(13-17)25-15-28(22(19)30)14-23(31)9-11-27(12-10-23)21(29)8-3-16-1-5-18(26-32)6-2-16/h1-2,4-7,13,15,31H,3,8-12,14H2/p+1. The van der Waals surface area contributed by atoms with Crippen molar-refractivity contribution in [2.45, 2.75) is 37.8 Å². The molecule has 0 radical (unpaired) electrons. The molecule has 0 unspecified atom stereocenters. The molecular weight excluding hydrogens is 432 g/mol. The van der Waals surface area contributed by atoms with E-state index in [9.17, 15) is 19.6 Å². The van der Waals surface area contributed by atoms with Gasteiger partial charge in [0.25, 0.3) is 11.2 Å². The van der Waals surface area contributed by atoms with Crippen LogP contribution >= 0.6 is 11.6 Å². The lowest BCUT2D eigenvalue weighted by molar-refractivity contribution is -0.379. The van der Waals surface area contributed by atoms with Crippen molar-refractivity contribution in [2.24, 2.45) is 0 Å². The van der Waals surface area contributed by atoms with Gasteiger partial charge in [0, 0.05) is 46.7 Å². The van der Waals surface area contributed by atoms with Crippen LogP contribution in [0.2, 0.25) is 5.02 Å². The molecule has 0 bridgehead atoms. The number of aryl methyl sites for hydroxylation is 1. The highest BCUT2D eigenvalue weighted by molar-refractivity contribution is 6.31. The molecule has 1 amide bonds. The number of amides is 1. The highest BCUT2D eigenvalue weighted by atomic mass is 35.5. The van der Waals surface area contributed by atoms with Crippen molar-refractivity contribution in [3.63, 3.8) is 0 Å². The lowest BCUT2D eigenvalue weighted by atomic mass is 9.91. The SMILES string of the molecule is O=[NH+]c1ccc(CCC(=O)N2CCC(O)(Cn3cnc4cc(Cl)ccc4c3=O)CC2)cc1. The Morgan fingerprint density at radius 3 is 2.56 bits per heavy atom. The molecule has 32 heavy (non-hydrogen) atoms. The van der Waals surface area contributed by atoms with Gasteiger partial charge in [-0.25, -0.2) is 4.98 Å². The Morgan fingerprint density at radius 2 is 1.88 bits per heavy atom. The van der Waals surface area contributed by atoms with Crippen molar-refractivity contribution >= 4 is 34.1 Å². The van der Waals surface area contributed by atoms with Gasteiger partial charge in [-0.1, -0.05) is 23.7 Å². The number of nitrogens with zero attached hydrogens (tertiary/aromatic N) is 3. The molecule has 2 aromatic carbocycles. The number of aromatic nitrogens is 2. The summed E-state index contributed by atoms with van der Waals surface area (Å²) in [6, 6.07) is 11.9. The molecule has 1 aliphatic rings. The zero-order chi connectivity index (χ0) is 22.7. The zero-order valence-corrected chi connectivity index (χ0v) is 18.2. The number of nitrogens with one attached hydrogen (secondary N) is 1. The quantitative estimate of drug-likeness (QED) is 0.586. The summed E-state index contributed by atoms with van der Waals surface area (Å²) in [5, 5.41) is 13.8. The number of aliphatic hydroxyl groups is 1. The summed E-state index contributed by atoms with van der Waals surface area (Å²) in [4.78, 5) is 42.0. The highest BCUT2D eigenvalue weighted by Crippen LogP contribution is 2.25. The van der Waals surface area contributed by atoms with Gasteiger partial charge in [0.15, 0.2) is 0 Å². The normalized spacial score (nSPS) is 15.6. The van der Waals surface area contributed by atoms with Crippen LogP contribution in [0.1, 0.15) is 24.8 Å². The predicted octanol–water partition coefficient (Wildman–Crippen LogP) is 1.51. The second-order valence-electron chi connectivity index (χ2n) is 8.24. The van der Waals surface area contributed by atoms with Gasteiger partial charge in [-0.05, 0) is 43.0 Å². The van der Waals surface area contributed by atoms with E-state index in [-0.39, 0.29) is 18.0 Å². The minimum atomic E-state index is -1.08. The number of piperidine rings is 1. The summed E-state index contributed by atoms with van der Waals surface area (Å²) in [7, 11) is 0. The first-order valence-electron chi connectivity index (χ1n) is 10.5. The Labute approximate surface area is 189 Å². The third-order valence-corrected chi connectivity index (χ3v) is 6.23. The summed E-state index contributed by atoms with van der Waals surface area (Å²) in [6.07, 6.45) is 3.14. The van der Waals surface area contributed by atoms with Crippen LogP contribution in [0.15, 0.2) is 53.6 Å². The van der Waals surface area contributed by atoms with E-state index in [1.165, 1.54) is 10.9 Å². The number of hydrogen-bond donors (Lipinski definition) is 2. The molecule has 8 nitrogen and oxygen atoms in total. The molecular formula is C23H24ClN4O4+. The molecule has 166 valence electrons. The first-order valence-corrected chi connectivity index (χ1v) is 10.9. The number of benzene rings is 2. The van der Waals surface area contributed by atoms with Crippen molar-refractivity contribution in [3.05, 3.63) is 74.6 Å². The van der Waals surface area contributed by atoms with Crippen LogP contribution in [0.4, 0.5) is 5.69 Å². The highest BCUT2D eigenvalue weighted by Gasteiger charge is 2.34. The number of nitroso groups, excluding NO2 is 1. The molecule has 0 saturated carbocycles. The maximum absolute atomic E-state index is 12.8. The molecule has 3 aromatic rings. The van der Waals surface area contributed by atoms with Gasteiger partial charge in [0.05, 0.1) is 29.4 Å². The zero-order valence-electron chi connectivity index (χ0n) is 17.5. The Morgan fingerprint density at radius 1 is 1.16 bits per heavy atom. The van der Waals surface area contributed by atoms with Crippen LogP contribution in [-0.4, -0.2) is 44.2 Å². The summed E-state index contributed by atoms with van der Waals surface area (Å²) < 4.78 is 1.42. The van der Waals surface area contributed by atoms with E-state index in [1.54, 1.807) is 35.2 Å². The Balaban J connectivity index is 1.35. The first kappa shape index (κ1) is 22.1. The van der Waals surface area contributed by atoms with Gasteiger partial charge < -0.3 is 10.0 Å². The molecule has 0 atom stereocenters. The van der Waals surface area contributed by atoms with Gasteiger partial charge in [0.1, 0.15) is 0 Å². The van der Waals surface area contributed by atoms with E-state index >= 15 is 0 Å². The summed E-state index contributed by atoms with van der Waals surface area (Å²) >= 11 is 5.96. The summed E-state index contributed by atoms with van der Waals surface area (Å²) in [5.41, 5.74) is 0.681. The van der Waals surface area contributed by atoms with Crippen LogP contribution in [-0.2, 0) is 17.8 Å². The fraction of sp³-hybridized carbons (Fsp3) is 0.348. The smallest absolute Gasteiger partial charge is 0.261 e. The lowest BCUT2D eigenvalue weighted by Gasteiger charge is -2.38. The topological polar surface area (TPSA) is 106 Å². The number of carbonyl (C=O) groups excluding carboxylic acids is 1. The maximum atomic E-state index is 12.8. The molecule has 1 fully saturated rings. The van der Waals surface area contributed by atoms with Gasteiger partial charge in [0.2, 0.25) is 5.91 Å². The first-order chi connectivity index (χ1) is 15.4. The Kier molecular flexibility index (Phi) is 6.34. The minimum Gasteiger partial charge on any atom is -0.388 e. The van der Waals surface area contributed by atoms with E-state index in [2.05, 4.69) is 4.98 Å². The van der Waals surface area contributed by atoms with Crippen molar-refractivity contribution in [2.75, 3.05) is 13.1 Å². The fourth-order valence-electron chi connectivity index (χ4n) is 4.04. The van der Waals surface area contributed by atoms with E-state index in [0.29, 0.717) is 60.4 Å². The predicted molar refractivity (Wildman–Crippen MR) is 121 cm³/mol. The summed E-state index contributed by atoms with van der Waals surface area (Å²) in [5.74, 6) is 0.0273. The van der Waals surface area contributed by atoms with Crippen LogP contribution < -0.4 is 10.7 Å². The number of likely N-dealkylation sites (tertiary alicyclic amines) is 1. The molecule has 2 heterocycles. The Bertz CT molecular complexity index is 1200. The number of fused-ring (bicyclic) bond motifs is 1. The van der Waals surface area contributed by atoms with Crippen molar-refractivity contribution in [1.82, 2.24) is 14.5 Å². The number of hydrogen-bond acceptors (Lipinski definition) is 5. The molecule has 1 aromatic heterocycles. The second kappa shape index (κ2) is 9.18. The van der Waals surface area contributed by atoms with Crippen molar-refractivity contribution in [1.29, 1.82) is 0 Å². The summed E-state index contributed by atoms with van der Waals surface area (Å²) in [6.45, 7) is 0.985. The van der Waals surface area contributed by atoms with Gasteiger partial charge >= 0.3 is 0 Å². The van der Waals surface area contributed by atoms with E-state index in [0.717, 1.165) is 5.56 Å². The molecule has 0 aliphatic carbocycles.